The summed E-state index contributed by atoms with van der Waals surface area (Å²) < 4.78 is 1.34. The maximum absolute atomic E-state index is 12.0. The van der Waals surface area contributed by atoms with E-state index in [0.29, 0.717) is 22.7 Å². The Bertz CT molecular complexity index is 740. The number of carbonyl (C=O) groups excluding carboxylic acids is 3. The van der Waals surface area contributed by atoms with Gasteiger partial charge in [0.2, 0.25) is 11.8 Å². The molecule has 126 valence electrons. The lowest BCUT2D eigenvalue weighted by atomic mass is 10.1. The van der Waals surface area contributed by atoms with E-state index in [1.165, 1.54) is 17.1 Å². The summed E-state index contributed by atoms with van der Waals surface area (Å²) in [4.78, 5) is 34.6. The van der Waals surface area contributed by atoms with E-state index in [1.807, 2.05) is 0 Å². The largest absolute Gasteiger partial charge is 0.368 e. The number of nitrogens with two attached hydrogens (primary N) is 1. The lowest BCUT2D eigenvalue weighted by molar-refractivity contribution is -0.118. The van der Waals surface area contributed by atoms with Crippen molar-refractivity contribution in [3.05, 3.63) is 47.2 Å². The van der Waals surface area contributed by atoms with Crippen LogP contribution >= 0.6 is 11.6 Å². The number of anilines is 1. The van der Waals surface area contributed by atoms with Gasteiger partial charge in [-0.2, -0.15) is 5.10 Å². The average molecular weight is 349 g/mol. The molecule has 1 aromatic carbocycles. The molecule has 8 heteroatoms. The first-order valence-electron chi connectivity index (χ1n) is 7.33. The second-order valence-electron chi connectivity index (χ2n) is 5.22. The first-order valence-corrected chi connectivity index (χ1v) is 7.71. The summed E-state index contributed by atoms with van der Waals surface area (Å²) in [5.74, 6) is -0.775. The number of nitrogens with zero attached hydrogens (tertiary/aromatic N) is 2. The van der Waals surface area contributed by atoms with Crippen molar-refractivity contribution in [2.45, 2.75) is 25.8 Å². The Kier molecular flexibility index (Phi) is 6.08. The molecule has 2 amide bonds. The molecule has 0 radical (unpaired) electrons. The number of carbonyl (C=O) groups is 3. The smallest absolute Gasteiger partial charge is 0.239 e. The van der Waals surface area contributed by atoms with Crippen LogP contribution in [-0.2, 0) is 16.1 Å². The summed E-state index contributed by atoms with van der Waals surface area (Å²) in [5.41, 5.74) is 6.11. The van der Waals surface area contributed by atoms with E-state index in [4.69, 9.17) is 17.3 Å². The van der Waals surface area contributed by atoms with Crippen LogP contribution in [0.1, 0.15) is 29.6 Å². The zero-order chi connectivity index (χ0) is 17.5. The Hall–Kier alpha value is -2.67. The minimum Gasteiger partial charge on any atom is -0.368 e. The standard InChI is InChI=1S/C16H17ClN4O3/c17-12-6-4-11(5-7-12)14(22)2-1-3-16(24)20-13-8-19-21(9-13)10-15(18)23/h4-9H,1-3,10H2,(H2,18,23)(H,20,24). The number of primary amides is 1. The molecule has 0 unspecified atom stereocenters. The zero-order valence-electron chi connectivity index (χ0n) is 12.9. The second kappa shape index (κ2) is 8.26. The summed E-state index contributed by atoms with van der Waals surface area (Å²) in [7, 11) is 0. The van der Waals surface area contributed by atoms with E-state index in [0.717, 1.165) is 0 Å². The number of ketones is 1. The molecule has 0 aliphatic heterocycles. The van der Waals surface area contributed by atoms with E-state index >= 15 is 0 Å². The van der Waals surface area contributed by atoms with Crippen molar-refractivity contribution in [1.82, 2.24) is 9.78 Å². The molecule has 0 spiro atoms. The first kappa shape index (κ1) is 17.7. The number of nitrogens with one attached hydrogen (secondary N) is 1. The zero-order valence-corrected chi connectivity index (χ0v) is 13.6. The Morgan fingerprint density at radius 2 is 1.88 bits per heavy atom. The summed E-state index contributed by atoms with van der Waals surface area (Å²) in [6, 6.07) is 6.65. The van der Waals surface area contributed by atoms with Crippen molar-refractivity contribution in [3.8, 4) is 0 Å². The highest BCUT2D eigenvalue weighted by Crippen LogP contribution is 2.13. The number of hydrogen-bond acceptors (Lipinski definition) is 4. The van der Waals surface area contributed by atoms with Crippen molar-refractivity contribution < 1.29 is 14.4 Å². The van der Waals surface area contributed by atoms with Crippen LogP contribution in [0.4, 0.5) is 5.69 Å². The maximum Gasteiger partial charge on any atom is 0.239 e. The fourth-order valence-electron chi connectivity index (χ4n) is 2.09. The highest BCUT2D eigenvalue weighted by Gasteiger charge is 2.09. The minimum atomic E-state index is -0.517. The summed E-state index contributed by atoms with van der Waals surface area (Å²) in [5, 5.41) is 7.13. The highest BCUT2D eigenvalue weighted by atomic mass is 35.5. The van der Waals surface area contributed by atoms with Gasteiger partial charge in [-0.05, 0) is 30.7 Å². The van der Waals surface area contributed by atoms with Crippen LogP contribution in [0.25, 0.3) is 0 Å². The lowest BCUT2D eigenvalue weighted by Gasteiger charge is -2.03. The summed E-state index contributed by atoms with van der Waals surface area (Å²) in [6.07, 6.45) is 3.86. The number of benzene rings is 1. The van der Waals surface area contributed by atoms with Crippen LogP contribution in [0.3, 0.4) is 0 Å². The van der Waals surface area contributed by atoms with E-state index in [-0.39, 0.29) is 31.1 Å². The van der Waals surface area contributed by atoms with Gasteiger partial charge in [0.15, 0.2) is 5.78 Å². The maximum atomic E-state index is 12.0. The van der Waals surface area contributed by atoms with Crippen LogP contribution in [0, 0.1) is 0 Å². The molecule has 2 rings (SSSR count). The molecule has 0 aliphatic carbocycles. The summed E-state index contributed by atoms with van der Waals surface area (Å²) >= 11 is 5.77. The van der Waals surface area contributed by atoms with Crippen LogP contribution in [0.2, 0.25) is 5.02 Å². The van der Waals surface area contributed by atoms with Gasteiger partial charge in [0.25, 0.3) is 0 Å². The number of amides is 2. The van der Waals surface area contributed by atoms with Gasteiger partial charge in [-0.3, -0.25) is 19.1 Å². The van der Waals surface area contributed by atoms with Gasteiger partial charge in [0, 0.05) is 29.6 Å². The number of halogens is 1. The van der Waals surface area contributed by atoms with Crippen molar-refractivity contribution in [3.63, 3.8) is 0 Å². The predicted octanol–water partition coefficient (Wildman–Crippen LogP) is 2.01. The third-order valence-electron chi connectivity index (χ3n) is 3.21. The quantitative estimate of drug-likeness (QED) is 0.711. The van der Waals surface area contributed by atoms with Crippen LogP contribution in [-0.4, -0.2) is 27.4 Å². The fraction of sp³-hybridized carbons (Fsp3) is 0.250. The molecule has 2 aromatic rings. The molecule has 0 saturated carbocycles. The van der Waals surface area contributed by atoms with Gasteiger partial charge in [0.05, 0.1) is 11.9 Å². The molecule has 24 heavy (non-hydrogen) atoms. The molecule has 0 fully saturated rings. The number of aromatic nitrogens is 2. The van der Waals surface area contributed by atoms with E-state index in [2.05, 4.69) is 10.4 Å². The van der Waals surface area contributed by atoms with Gasteiger partial charge in [-0.25, -0.2) is 0 Å². The Balaban J connectivity index is 1.75. The molecule has 0 atom stereocenters. The molecular weight excluding hydrogens is 332 g/mol. The van der Waals surface area contributed by atoms with Crippen molar-refractivity contribution in [1.29, 1.82) is 0 Å². The van der Waals surface area contributed by atoms with Gasteiger partial charge < -0.3 is 11.1 Å². The third-order valence-corrected chi connectivity index (χ3v) is 3.46. The Labute approximate surface area is 143 Å². The fourth-order valence-corrected chi connectivity index (χ4v) is 2.21. The van der Waals surface area contributed by atoms with Crippen LogP contribution in [0.15, 0.2) is 36.7 Å². The highest BCUT2D eigenvalue weighted by molar-refractivity contribution is 6.30. The van der Waals surface area contributed by atoms with Crippen molar-refractivity contribution >= 4 is 34.9 Å². The van der Waals surface area contributed by atoms with E-state index in [1.54, 1.807) is 24.3 Å². The topological polar surface area (TPSA) is 107 Å². The minimum absolute atomic E-state index is 0.0336. The monoisotopic (exact) mass is 348 g/mol. The molecule has 1 aromatic heterocycles. The molecule has 7 nitrogen and oxygen atoms in total. The number of Topliss-reactive ketones (excluding diaryl/α,β-unsaturated/α-hetero) is 1. The van der Waals surface area contributed by atoms with Gasteiger partial charge >= 0.3 is 0 Å². The number of hydrogen-bond donors (Lipinski definition) is 2. The Morgan fingerprint density at radius 1 is 1.17 bits per heavy atom. The van der Waals surface area contributed by atoms with Crippen LogP contribution < -0.4 is 11.1 Å². The van der Waals surface area contributed by atoms with Gasteiger partial charge in [-0.1, -0.05) is 11.6 Å². The molecule has 0 saturated heterocycles. The number of rotatable bonds is 8. The SMILES string of the molecule is NC(=O)Cn1cc(NC(=O)CCCC(=O)c2ccc(Cl)cc2)cn1. The van der Waals surface area contributed by atoms with Crippen molar-refractivity contribution in [2.24, 2.45) is 5.73 Å². The first-order chi connectivity index (χ1) is 11.4. The molecular formula is C16H17ClN4O3. The summed E-state index contributed by atoms with van der Waals surface area (Å²) in [6.45, 7) is -0.0501. The van der Waals surface area contributed by atoms with Gasteiger partial charge in [-0.15, -0.1) is 0 Å². The second-order valence-corrected chi connectivity index (χ2v) is 5.66. The predicted molar refractivity (Wildman–Crippen MR) is 89.7 cm³/mol. The van der Waals surface area contributed by atoms with Crippen molar-refractivity contribution in [2.75, 3.05) is 5.32 Å². The van der Waals surface area contributed by atoms with Crippen LogP contribution in [0.5, 0.6) is 0 Å². The normalized spacial score (nSPS) is 10.4. The van der Waals surface area contributed by atoms with Gasteiger partial charge in [0.1, 0.15) is 6.54 Å². The average Bonchev–Trinajstić information content (AvgIpc) is 2.93. The molecule has 3 N–H and O–H groups in total. The molecule has 0 bridgehead atoms. The Morgan fingerprint density at radius 3 is 2.54 bits per heavy atom. The third kappa shape index (κ3) is 5.51. The molecule has 0 aliphatic rings. The van der Waals surface area contributed by atoms with E-state index < -0.39 is 5.91 Å². The molecule has 1 heterocycles. The van der Waals surface area contributed by atoms with E-state index in [9.17, 15) is 14.4 Å². The lowest BCUT2D eigenvalue weighted by Crippen LogP contribution is -2.18.